The lowest BCUT2D eigenvalue weighted by Gasteiger charge is -2.21. The number of carboxylic acids is 1. The lowest BCUT2D eigenvalue weighted by Crippen LogP contribution is -2.35. The van der Waals surface area contributed by atoms with Crippen molar-refractivity contribution in [2.45, 2.75) is 24.9 Å². The summed E-state index contributed by atoms with van der Waals surface area (Å²) in [6.45, 7) is 0.0985. The van der Waals surface area contributed by atoms with Crippen LogP contribution in [0, 0.1) is 16.7 Å². The fourth-order valence-electron chi connectivity index (χ4n) is 4.37. The summed E-state index contributed by atoms with van der Waals surface area (Å²) < 4.78 is 0. The van der Waals surface area contributed by atoms with Gasteiger partial charge in [-0.1, -0.05) is 24.3 Å². The molecular formula is C16H15N3O5. The third-order valence-electron chi connectivity index (χ3n) is 5.24. The number of carbonyl (C=O) groups is 3. The van der Waals surface area contributed by atoms with Crippen LogP contribution in [-0.4, -0.2) is 39.3 Å². The highest BCUT2D eigenvalue weighted by Crippen LogP contribution is 2.62. The van der Waals surface area contributed by atoms with Crippen molar-refractivity contribution in [3.8, 4) is 0 Å². The lowest BCUT2D eigenvalue weighted by molar-refractivity contribution is -0.143. The van der Waals surface area contributed by atoms with E-state index in [1.54, 1.807) is 0 Å². The number of likely N-dealkylation sites (tertiary alicyclic amines) is 1. The highest BCUT2D eigenvalue weighted by Gasteiger charge is 2.67. The molecule has 8 heteroatoms. The summed E-state index contributed by atoms with van der Waals surface area (Å²) >= 11 is 0. The Hall–Kier alpha value is -2.77. The van der Waals surface area contributed by atoms with Crippen molar-refractivity contribution in [2.75, 3.05) is 6.54 Å². The molecule has 2 fully saturated rings. The second-order valence-corrected chi connectivity index (χ2v) is 6.36. The van der Waals surface area contributed by atoms with Crippen LogP contribution in [0.2, 0.25) is 0 Å². The zero-order chi connectivity index (χ0) is 17.0. The number of hydrogen-bond donors (Lipinski definition) is 1. The number of carbonyl (C=O) groups excluding carboxylic acids is 2. The van der Waals surface area contributed by atoms with E-state index in [2.05, 4.69) is 5.29 Å². The van der Waals surface area contributed by atoms with E-state index in [0.717, 1.165) is 16.0 Å². The topological polar surface area (TPSA) is 107 Å². The van der Waals surface area contributed by atoms with E-state index >= 15 is 0 Å². The first-order valence-electron chi connectivity index (χ1n) is 7.83. The van der Waals surface area contributed by atoms with Gasteiger partial charge in [0.25, 0.3) is 0 Å². The van der Waals surface area contributed by atoms with Crippen molar-refractivity contribution in [2.24, 2.45) is 17.1 Å². The van der Waals surface area contributed by atoms with Crippen molar-refractivity contribution in [1.29, 1.82) is 0 Å². The van der Waals surface area contributed by atoms with Gasteiger partial charge in [-0.25, -0.2) is 5.01 Å². The summed E-state index contributed by atoms with van der Waals surface area (Å²) in [6, 6.07) is 6.38. The van der Waals surface area contributed by atoms with Gasteiger partial charge < -0.3 is 5.11 Å². The maximum absolute atomic E-state index is 12.7. The Morgan fingerprint density at radius 3 is 2.08 bits per heavy atom. The lowest BCUT2D eigenvalue weighted by atomic mass is 9.77. The molecule has 0 radical (unpaired) electrons. The molecule has 2 bridgehead atoms. The number of rotatable bonds is 5. The number of nitroso groups, excluding NO2 is 1. The van der Waals surface area contributed by atoms with Gasteiger partial charge in [0.2, 0.25) is 11.8 Å². The standard InChI is InChI=1S/C16H15N3O5/c20-10(21)6-3-7-18-15(22)11-12(16(18)23)14-9-5-2-1-4-8(9)13(11)19(14)17-24/h1-2,4-5,11-14H,3,6-7H2,(H,20,21)/t11-,12+,13-,14+. The number of hydrogen-bond acceptors (Lipinski definition) is 5. The van der Waals surface area contributed by atoms with Crippen LogP contribution >= 0.6 is 0 Å². The summed E-state index contributed by atoms with van der Waals surface area (Å²) in [4.78, 5) is 48.5. The normalized spacial score (nSPS) is 29.8. The summed E-state index contributed by atoms with van der Waals surface area (Å²) in [5, 5.41) is 13.1. The SMILES string of the molecule is O=NN1[C@@H]2c3ccccc3[C@H]1[C@H]1C(=O)N(CCCC(=O)O)C(=O)[C@H]12. The summed E-state index contributed by atoms with van der Waals surface area (Å²) in [7, 11) is 0. The van der Waals surface area contributed by atoms with Gasteiger partial charge in [-0.15, -0.1) is 4.91 Å². The number of imide groups is 1. The molecule has 0 spiro atoms. The van der Waals surface area contributed by atoms with Gasteiger partial charge in [-0.3, -0.25) is 19.3 Å². The molecule has 2 amide bonds. The molecule has 8 nitrogen and oxygen atoms in total. The molecule has 124 valence electrons. The molecule has 0 unspecified atom stereocenters. The number of aliphatic carboxylic acids is 1. The Morgan fingerprint density at radius 2 is 1.62 bits per heavy atom. The first-order valence-corrected chi connectivity index (χ1v) is 7.83. The molecule has 0 aliphatic carbocycles. The van der Waals surface area contributed by atoms with Crippen molar-refractivity contribution in [3.63, 3.8) is 0 Å². The number of carboxylic acid groups (broad SMARTS) is 1. The highest BCUT2D eigenvalue weighted by molar-refractivity contribution is 6.07. The largest absolute Gasteiger partial charge is 0.481 e. The van der Waals surface area contributed by atoms with Gasteiger partial charge in [0.15, 0.2) is 0 Å². The molecule has 3 aliphatic heterocycles. The first-order chi connectivity index (χ1) is 11.6. The monoisotopic (exact) mass is 329 g/mol. The Balaban J connectivity index is 1.66. The second kappa shape index (κ2) is 5.12. The zero-order valence-corrected chi connectivity index (χ0v) is 12.7. The molecule has 3 aliphatic rings. The Labute approximate surface area is 137 Å². The quantitative estimate of drug-likeness (QED) is 0.643. The van der Waals surface area contributed by atoms with E-state index in [4.69, 9.17) is 5.11 Å². The predicted molar refractivity (Wildman–Crippen MR) is 80.1 cm³/mol. The van der Waals surface area contributed by atoms with E-state index in [9.17, 15) is 19.3 Å². The third kappa shape index (κ3) is 1.76. The van der Waals surface area contributed by atoms with E-state index in [-0.39, 0.29) is 31.2 Å². The zero-order valence-electron chi connectivity index (χ0n) is 12.7. The molecule has 24 heavy (non-hydrogen) atoms. The Kier molecular flexibility index (Phi) is 3.16. The minimum atomic E-state index is -0.960. The van der Waals surface area contributed by atoms with Gasteiger partial charge in [0.1, 0.15) is 0 Å². The smallest absolute Gasteiger partial charge is 0.303 e. The summed E-state index contributed by atoms with van der Waals surface area (Å²) in [5.41, 5.74) is 1.74. The van der Waals surface area contributed by atoms with Crippen LogP contribution in [-0.2, 0) is 14.4 Å². The van der Waals surface area contributed by atoms with Crippen LogP contribution in [0.5, 0.6) is 0 Å². The van der Waals surface area contributed by atoms with Crippen LogP contribution in [0.4, 0.5) is 0 Å². The average molecular weight is 329 g/mol. The first kappa shape index (κ1) is 14.8. The maximum atomic E-state index is 12.7. The van der Waals surface area contributed by atoms with Crippen molar-refractivity contribution in [3.05, 3.63) is 40.3 Å². The Morgan fingerprint density at radius 1 is 1.08 bits per heavy atom. The minimum Gasteiger partial charge on any atom is -0.481 e. The van der Waals surface area contributed by atoms with Crippen LogP contribution in [0.3, 0.4) is 0 Å². The van der Waals surface area contributed by atoms with Gasteiger partial charge in [0.05, 0.1) is 29.2 Å². The number of amides is 2. The Bertz CT molecular complexity index is 715. The molecule has 1 aromatic rings. The van der Waals surface area contributed by atoms with Gasteiger partial charge in [0, 0.05) is 13.0 Å². The van der Waals surface area contributed by atoms with Gasteiger partial charge >= 0.3 is 5.97 Å². The molecular weight excluding hydrogens is 314 g/mol. The van der Waals surface area contributed by atoms with Crippen LogP contribution < -0.4 is 0 Å². The van der Waals surface area contributed by atoms with Gasteiger partial charge in [-0.2, -0.15) is 0 Å². The summed E-state index contributed by atoms with van der Waals surface area (Å²) in [5.74, 6) is -2.84. The molecule has 4 rings (SSSR count). The fraction of sp³-hybridized carbons (Fsp3) is 0.438. The highest BCUT2D eigenvalue weighted by atomic mass is 16.4. The number of fused-ring (bicyclic) bond motifs is 8. The van der Waals surface area contributed by atoms with Crippen LogP contribution in [0.25, 0.3) is 0 Å². The third-order valence-corrected chi connectivity index (χ3v) is 5.24. The summed E-state index contributed by atoms with van der Waals surface area (Å²) in [6.07, 6.45) is 0.131. The molecule has 1 N–H and O–H groups in total. The van der Waals surface area contributed by atoms with Crippen LogP contribution in [0.1, 0.15) is 36.1 Å². The average Bonchev–Trinajstić information content (AvgIpc) is 3.15. The van der Waals surface area contributed by atoms with E-state index in [1.165, 1.54) is 5.01 Å². The molecule has 4 atom stereocenters. The van der Waals surface area contributed by atoms with E-state index in [1.807, 2.05) is 24.3 Å². The van der Waals surface area contributed by atoms with Gasteiger partial charge in [-0.05, 0) is 17.5 Å². The van der Waals surface area contributed by atoms with E-state index < -0.39 is 29.9 Å². The van der Waals surface area contributed by atoms with Crippen molar-refractivity contribution >= 4 is 17.8 Å². The number of nitrogens with zero attached hydrogens (tertiary/aromatic N) is 3. The van der Waals surface area contributed by atoms with Crippen molar-refractivity contribution < 1.29 is 19.5 Å². The molecule has 2 saturated heterocycles. The molecule has 1 aromatic carbocycles. The number of benzene rings is 1. The fourth-order valence-corrected chi connectivity index (χ4v) is 4.37. The predicted octanol–water partition coefficient (Wildman–Crippen LogP) is 1.25. The molecule has 0 aromatic heterocycles. The maximum Gasteiger partial charge on any atom is 0.303 e. The second-order valence-electron chi connectivity index (χ2n) is 6.36. The van der Waals surface area contributed by atoms with E-state index in [0.29, 0.717) is 0 Å². The molecule has 3 heterocycles. The minimum absolute atomic E-state index is 0.0957. The van der Waals surface area contributed by atoms with Crippen molar-refractivity contribution in [1.82, 2.24) is 9.91 Å². The van der Waals surface area contributed by atoms with Crippen LogP contribution in [0.15, 0.2) is 29.6 Å². The molecule has 0 saturated carbocycles.